The van der Waals surface area contributed by atoms with Crippen LogP contribution in [0, 0.1) is 5.92 Å². The van der Waals surface area contributed by atoms with Crippen molar-refractivity contribution in [3.63, 3.8) is 0 Å². The lowest BCUT2D eigenvalue weighted by atomic mass is 10.1. The Morgan fingerprint density at radius 1 is 1.30 bits per heavy atom. The molecule has 0 bridgehead atoms. The molecule has 6 nitrogen and oxygen atoms in total. The molecule has 1 aromatic heterocycles. The lowest BCUT2D eigenvalue weighted by molar-refractivity contribution is 0.0949. The van der Waals surface area contributed by atoms with Crippen molar-refractivity contribution in [1.82, 2.24) is 20.3 Å². The third-order valence-corrected chi connectivity index (χ3v) is 3.39. The molecule has 7 heteroatoms. The van der Waals surface area contributed by atoms with Gasteiger partial charge in [-0.2, -0.15) is 0 Å². The molecule has 23 heavy (non-hydrogen) atoms. The second kappa shape index (κ2) is 9.15. The number of nitrogen functional groups attached to an aromatic ring is 1. The first-order valence-electron chi connectivity index (χ1n) is 7.57. The smallest absolute Gasteiger partial charge is 0.273 e. The molecule has 126 valence electrons. The minimum absolute atomic E-state index is 0. The van der Waals surface area contributed by atoms with Crippen LogP contribution in [0.4, 0.5) is 5.69 Å². The van der Waals surface area contributed by atoms with E-state index in [0.29, 0.717) is 18.2 Å². The second-order valence-electron chi connectivity index (χ2n) is 5.80. The van der Waals surface area contributed by atoms with Crippen LogP contribution in [0.15, 0.2) is 30.5 Å². The molecule has 0 spiro atoms. The largest absolute Gasteiger partial charge is 0.399 e. The van der Waals surface area contributed by atoms with Gasteiger partial charge in [0.05, 0.1) is 6.20 Å². The molecule has 0 fully saturated rings. The van der Waals surface area contributed by atoms with Crippen LogP contribution in [-0.4, -0.2) is 27.4 Å². The van der Waals surface area contributed by atoms with Crippen LogP contribution in [0.1, 0.15) is 36.3 Å². The van der Waals surface area contributed by atoms with E-state index in [4.69, 9.17) is 5.73 Å². The molecule has 2 aromatic rings. The summed E-state index contributed by atoms with van der Waals surface area (Å²) in [5.74, 6) is 0.410. The highest BCUT2D eigenvalue weighted by atomic mass is 35.5. The van der Waals surface area contributed by atoms with Gasteiger partial charge in [-0.1, -0.05) is 31.2 Å². The number of nitrogens with zero attached hydrogens (tertiary/aromatic N) is 3. The van der Waals surface area contributed by atoms with E-state index in [1.807, 2.05) is 24.3 Å². The number of amides is 1. The van der Waals surface area contributed by atoms with Crippen LogP contribution in [0.2, 0.25) is 0 Å². The number of nitrogens with two attached hydrogens (primary N) is 1. The SMILES string of the molecule is CC(C)CCn1cc(C(=O)NCCc2ccc(N)cc2)nn1.Cl. The molecule has 2 rings (SSSR count). The molecule has 1 aromatic carbocycles. The third kappa shape index (κ3) is 6.28. The van der Waals surface area contributed by atoms with E-state index in [0.717, 1.165) is 30.6 Å². The van der Waals surface area contributed by atoms with Crippen molar-refractivity contribution in [2.24, 2.45) is 5.92 Å². The molecule has 1 amide bonds. The van der Waals surface area contributed by atoms with E-state index >= 15 is 0 Å². The first-order chi connectivity index (χ1) is 10.5. The van der Waals surface area contributed by atoms with Crippen molar-refractivity contribution in [3.8, 4) is 0 Å². The molecule has 0 unspecified atom stereocenters. The number of hydrogen-bond donors (Lipinski definition) is 2. The van der Waals surface area contributed by atoms with Gasteiger partial charge in [-0.3, -0.25) is 9.48 Å². The van der Waals surface area contributed by atoms with Crippen molar-refractivity contribution >= 4 is 24.0 Å². The summed E-state index contributed by atoms with van der Waals surface area (Å²) in [7, 11) is 0. The zero-order valence-corrected chi connectivity index (χ0v) is 14.3. The zero-order valence-electron chi connectivity index (χ0n) is 13.5. The van der Waals surface area contributed by atoms with E-state index in [1.165, 1.54) is 0 Å². The number of benzene rings is 1. The Kier molecular flexibility index (Phi) is 7.54. The Morgan fingerprint density at radius 2 is 2.00 bits per heavy atom. The summed E-state index contributed by atoms with van der Waals surface area (Å²) in [5, 5.41) is 10.7. The van der Waals surface area contributed by atoms with Crippen molar-refractivity contribution in [3.05, 3.63) is 41.7 Å². The summed E-state index contributed by atoms with van der Waals surface area (Å²) in [4.78, 5) is 12.0. The van der Waals surface area contributed by atoms with E-state index in [9.17, 15) is 4.79 Å². The highest BCUT2D eigenvalue weighted by Gasteiger charge is 2.10. The molecular weight excluding hydrogens is 314 g/mol. The normalized spacial score (nSPS) is 10.4. The molecule has 0 aliphatic heterocycles. The minimum Gasteiger partial charge on any atom is -0.399 e. The number of rotatable bonds is 7. The molecule has 3 N–H and O–H groups in total. The molecule has 0 saturated carbocycles. The summed E-state index contributed by atoms with van der Waals surface area (Å²) < 4.78 is 1.72. The van der Waals surface area contributed by atoms with E-state index < -0.39 is 0 Å². The Bertz CT molecular complexity index is 609. The molecule has 1 heterocycles. The predicted molar refractivity (Wildman–Crippen MR) is 93.6 cm³/mol. The summed E-state index contributed by atoms with van der Waals surface area (Å²) in [5.41, 5.74) is 7.88. The Labute approximate surface area is 142 Å². The van der Waals surface area contributed by atoms with Crippen molar-refractivity contribution in [1.29, 1.82) is 0 Å². The lowest BCUT2D eigenvalue weighted by Crippen LogP contribution is -2.26. The first-order valence-corrected chi connectivity index (χ1v) is 7.57. The van der Waals surface area contributed by atoms with Crippen LogP contribution in [0.3, 0.4) is 0 Å². The maximum Gasteiger partial charge on any atom is 0.273 e. The quantitative estimate of drug-likeness (QED) is 0.759. The zero-order chi connectivity index (χ0) is 15.9. The number of anilines is 1. The fourth-order valence-corrected chi connectivity index (χ4v) is 2.00. The molecule has 0 aliphatic rings. The van der Waals surface area contributed by atoms with Gasteiger partial charge in [-0.25, -0.2) is 0 Å². The summed E-state index contributed by atoms with van der Waals surface area (Å²) in [6, 6.07) is 7.64. The number of halogens is 1. The van der Waals surface area contributed by atoms with Gasteiger partial charge >= 0.3 is 0 Å². The average Bonchev–Trinajstić information content (AvgIpc) is 2.96. The predicted octanol–water partition coefficient (Wildman–Crippen LogP) is 2.30. The highest BCUT2D eigenvalue weighted by Crippen LogP contribution is 2.06. The Hall–Kier alpha value is -2.08. The van der Waals surface area contributed by atoms with Gasteiger partial charge in [0, 0.05) is 18.8 Å². The molecular formula is C16H24ClN5O. The number of carbonyl (C=O) groups is 1. The van der Waals surface area contributed by atoms with Crippen LogP contribution in [0.5, 0.6) is 0 Å². The molecule has 0 atom stereocenters. The van der Waals surface area contributed by atoms with Crippen molar-refractivity contribution in [2.45, 2.75) is 33.2 Å². The maximum atomic E-state index is 12.0. The Morgan fingerprint density at radius 3 is 2.65 bits per heavy atom. The fourth-order valence-electron chi connectivity index (χ4n) is 2.00. The van der Waals surface area contributed by atoms with Crippen LogP contribution < -0.4 is 11.1 Å². The van der Waals surface area contributed by atoms with Gasteiger partial charge < -0.3 is 11.1 Å². The van der Waals surface area contributed by atoms with Gasteiger partial charge in [0.25, 0.3) is 5.91 Å². The van der Waals surface area contributed by atoms with Crippen LogP contribution in [-0.2, 0) is 13.0 Å². The second-order valence-corrected chi connectivity index (χ2v) is 5.80. The summed E-state index contributed by atoms with van der Waals surface area (Å²) in [6.45, 7) is 5.65. The van der Waals surface area contributed by atoms with E-state index in [-0.39, 0.29) is 18.3 Å². The summed E-state index contributed by atoms with van der Waals surface area (Å²) in [6.07, 6.45) is 3.47. The summed E-state index contributed by atoms with van der Waals surface area (Å²) >= 11 is 0. The third-order valence-electron chi connectivity index (χ3n) is 3.39. The molecule has 0 saturated heterocycles. The minimum atomic E-state index is -0.189. The molecule has 0 radical (unpaired) electrons. The number of aromatic nitrogens is 3. The van der Waals surface area contributed by atoms with Crippen LogP contribution >= 0.6 is 12.4 Å². The average molecular weight is 338 g/mol. The Balaban J connectivity index is 0.00000264. The topological polar surface area (TPSA) is 85.8 Å². The maximum absolute atomic E-state index is 12.0. The van der Waals surface area contributed by atoms with E-state index in [1.54, 1.807) is 10.9 Å². The van der Waals surface area contributed by atoms with Crippen LogP contribution in [0.25, 0.3) is 0 Å². The van der Waals surface area contributed by atoms with Gasteiger partial charge in [0.15, 0.2) is 5.69 Å². The van der Waals surface area contributed by atoms with Crippen molar-refractivity contribution < 1.29 is 4.79 Å². The van der Waals surface area contributed by atoms with Gasteiger partial charge in [0.1, 0.15) is 0 Å². The van der Waals surface area contributed by atoms with Gasteiger partial charge in [0.2, 0.25) is 0 Å². The van der Waals surface area contributed by atoms with E-state index in [2.05, 4.69) is 29.5 Å². The molecule has 0 aliphatic carbocycles. The standard InChI is InChI=1S/C16H23N5O.ClH/c1-12(2)8-10-21-11-15(19-20-21)16(22)18-9-7-13-3-5-14(17)6-4-13;/h3-6,11-12H,7-10,17H2,1-2H3,(H,18,22);1H. The number of nitrogens with one attached hydrogen (secondary N) is 1. The number of hydrogen-bond acceptors (Lipinski definition) is 4. The number of carbonyl (C=O) groups excluding carboxylic acids is 1. The van der Waals surface area contributed by atoms with Crippen molar-refractivity contribution in [2.75, 3.05) is 12.3 Å². The lowest BCUT2D eigenvalue weighted by Gasteiger charge is -2.04. The monoisotopic (exact) mass is 337 g/mol. The fraction of sp³-hybridized carbons (Fsp3) is 0.438. The first kappa shape index (κ1) is 19.0. The highest BCUT2D eigenvalue weighted by molar-refractivity contribution is 5.91. The van der Waals surface area contributed by atoms with Gasteiger partial charge in [-0.05, 0) is 36.5 Å². The number of aryl methyl sites for hydroxylation is 1. The van der Waals surface area contributed by atoms with Gasteiger partial charge in [-0.15, -0.1) is 17.5 Å².